The normalized spacial score (nSPS) is 9.92. The summed E-state index contributed by atoms with van der Waals surface area (Å²) in [5.74, 6) is -0.470. The first-order chi connectivity index (χ1) is 5.74. The van der Waals surface area contributed by atoms with Gasteiger partial charge in [-0.15, -0.1) is 0 Å². The summed E-state index contributed by atoms with van der Waals surface area (Å²) in [6, 6.07) is 4.17. The summed E-state index contributed by atoms with van der Waals surface area (Å²) in [6.45, 7) is -0.253. The van der Waals surface area contributed by atoms with Gasteiger partial charge in [0.2, 0.25) is 0 Å². The molecule has 0 aliphatic rings. The Morgan fingerprint density at radius 3 is 2.75 bits per heavy atom. The average molecular weight is 192 g/mol. The van der Waals surface area contributed by atoms with Crippen molar-refractivity contribution < 1.29 is 8.78 Å². The molecule has 4 heteroatoms. The molecule has 0 radical (unpaired) electrons. The molecule has 1 aromatic rings. The zero-order valence-electron chi connectivity index (χ0n) is 6.28. The molecule has 1 nitrogen and oxygen atoms in total. The fourth-order valence-corrected chi connectivity index (χ4v) is 0.978. The van der Waals surface area contributed by atoms with Crippen LogP contribution < -0.4 is 5.32 Å². The maximum absolute atomic E-state index is 12.6. The first-order valence-electron chi connectivity index (χ1n) is 3.49. The Bertz CT molecular complexity index is 265. The lowest BCUT2D eigenvalue weighted by Gasteiger charge is -2.03. The predicted octanol–water partition coefficient (Wildman–Crippen LogP) is 2.86. The Balaban J connectivity index is 2.69. The first kappa shape index (κ1) is 9.26. The third-order valence-corrected chi connectivity index (χ3v) is 1.63. The molecule has 0 bridgehead atoms. The fourth-order valence-electron chi connectivity index (χ4n) is 0.798. The molecule has 0 unspecified atom stereocenters. The average Bonchev–Trinajstić information content (AvgIpc) is 2.07. The number of alkyl halides is 1. The predicted molar refractivity (Wildman–Crippen MR) is 45.9 cm³/mol. The Labute approximate surface area is 74.3 Å². The molecule has 1 rings (SSSR count). The fraction of sp³-hybridized carbons (Fsp3) is 0.250. The van der Waals surface area contributed by atoms with Gasteiger partial charge in [0.05, 0.1) is 5.02 Å². The maximum Gasteiger partial charge on any atom is 0.141 e. The Morgan fingerprint density at radius 1 is 1.42 bits per heavy atom. The number of benzene rings is 1. The van der Waals surface area contributed by atoms with Gasteiger partial charge in [0.25, 0.3) is 0 Å². The topological polar surface area (TPSA) is 12.0 Å². The molecule has 1 aromatic carbocycles. The molecule has 66 valence electrons. The van der Waals surface area contributed by atoms with E-state index in [2.05, 4.69) is 5.32 Å². The van der Waals surface area contributed by atoms with Crippen LogP contribution in [-0.4, -0.2) is 13.2 Å². The molecule has 0 atom stereocenters. The van der Waals surface area contributed by atoms with Crippen molar-refractivity contribution in [1.29, 1.82) is 0 Å². The van der Waals surface area contributed by atoms with E-state index >= 15 is 0 Å². The van der Waals surface area contributed by atoms with Crippen LogP contribution >= 0.6 is 11.6 Å². The van der Waals surface area contributed by atoms with Crippen molar-refractivity contribution in [2.75, 3.05) is 18.5 Å². The van der Waals surface area contributed by atoms with Gasteiger partial charge in [-0.05, 0) is 18.2 Å². The smallest absolute Gasteiger partial charge is 0.141 e. The van der Waals surface area contributed by atoms with Gasteiger partial charge in [-0.2, -0.15) is 0 Å². The van der Waals surface area contributed by atoms with Gasteiger partial charge in [-0.3, -0.25) is 0 Å². The van der Waals surface area contributed by atoms with E-state index in [-0.39, 0.29) is 11.6 Å². The molecule has 1 N–H and O–H groups in total. The molecule has 0 spiro atoms. The van der Waals surface area contributed by atoms with Crippen molar-refractivity contribution in [3.05, 3.63) is 29.0 Å². The van der Waals surface area contributed by atoms with Gasteiger partial charge in [0.1, 0.15) is 12.5 Å². The minimum atomic E-state index is -0.470. The van der Waals surface area contributed by atoms with Crippen LogP contribution in [-0.2, 0) is 0 Å². The molecule has 0 heterocycles. The van der Waals surface area contributed by atoms with Gasteiger partial charge in [-0.1, -0.05) is 11.6 Å². The lowest BCUT2D eigenvalue weighted by molar-refractivity contribution is 0.513. The zero-order chi connectivity index (χ0) is 8.97. The number of hydrogen-bond acceptors (Lipinski definition) is 1. The quantitative estimate of drug-likeness (QED) is 0.775. The van der Waals surface area contributed by atoms with E-state index in [9.17, 15) is 8.78 Å². The van der Waals surface area contributed by atoms with Crippen molar-refractivity contribution >= 4 is 17.3 Å². The van der Waals surface area contributed by atoms with Gasteiger partial charge in [0.15, 0.2) is 0 Å². The maximum atomic E-state index is 12.6. The summed E-state index contributed by atoms with van der Waals surface area (Å²) in [4.78, 5) is 0. The van der Waals surface area contributed by atoms with Crippen LogP contribution in [0.2, 0.25) is 5.02 Å². The molecular formula is C8H8ClF2N. The van der Waals surface area contributed by atoms with Gasteiger partial charge < -0.3 is 5.32 Å². The van der Waals surface area contributed by atoms with Crippen LogP contribution in [0.5, 0.6) is 0 Å². The lowest BCUT2D eigenvalue weighted by Crippen LogP contribution is -2.02. The highest BCUT2D eigenvalue weighted by atomic mass is 35.5. The van der Waals surface area contributed by atoms with E-state index in [1.807, 2.05) is 0 Å². The number of hydrogen-bond donors (Lipinski definition) is 1. The number of nitrogens with one attached hydrogen (secondary N) is 1. The van der Waals surface area contributed by atoms with Crippen LogP contribution in [0, 0.1) is 5.82 Å². The van der Waals surface area contributed by atoms with E-state index in [0.717, 1.165) is 0 Å². The molecular weight excluding hydrogens is 184 g/mol. The minimum Gasteiger partial charge on any atom is -0.382 e. The van der Waals surface area contributed by atoms with E-state index < -0.39 is 12.5 Å². The van der Waals surface area contributed by atoms with Crippen molar-refractivity contribution in [3.63, 3.8) is 0 Å². The molecule has 0 saturated heterocycles. The number of anilines is 1. The standard InChI is InChI=1S/C8H8ClF2N/c9-7-5-6(12-4-3-10)1-2-8(7)11/h1-2,5,12H,3-4H2. The van der Waals surface area contributed by atoms with Crippen LogP contribution in [0.1, 0.15) is 0 Å². The molecule has 12 heavy (non-hydrogen) atoms. The third-order valence-electron chi connectivity index (χ3n) is 1.34. The van der Waals surface area contributed by atoms with Crippen LogP contribution in [0.4, 0.5) is 14.5 Å². The molecule has 0 aliphatic carbocycles. The second-order valence-corrected chi connectivity index (χ2v) is 2.65. The van der Waals surface area contributed by atoms with Crippen molar-refractivity contribution in [2.24, 2.45) is 0 Å². The second kappa shape index (κ2) is 4.26. The summed E-state index contributed by atoms with van der Waals surface area (Å²) in [5, 5.41) is 2.78. The molecule has 0 fully saturated rings. The van der Waals surface area contributed by atoms with Crippen molar-refractivity contribution in [1.82, 2.24) is 0 Å². The second-order valence-electron chi connectivity index (χ2n) is 2.24. The summed E-state index contributed by atoms with van der Waals surface area (Å²) < 4.78 is 24.3. The Kier molecular flexibility index (Phi) is 3.29. The minimum absolute atomic E-state index is 0.0406. The summed E-state index contributed by atoms with van der Waals surface area (Å²) in [7, 11) is 0. The number of rotatable bonds is 3. The van der Waals surface area contributed by atoms with Crippen molar-refractivity contribution in [3.8, 4) is 0 Å². The highest BCUT2D eigenvalue weighted by Gasteiger charge is 1.99. The summed E-state index contributed by atoms with van der Waals surface area (Å²) in [6.07, 6.45) is 0. The van der Waals surface area contributed by atoms with Crippen LogP contribution in [0.3, 0.4) is 0 Å². The number of halogens is 3. The van der Waals surface area contributed by atoms with Crippen LogP contribution in [0.25, 0.3) is 0 Å². The van der Waals surface area contributed by atoms with E-state index in [1.165, 1.54) is 18.2 Å². The molecule has 0 aliphatic heterocycles. The zero-order valence-corrected chi connectivity index (χ0v) is 7.04. The van der Waals surface area contributed by atoms with Gasteiger partial charge in [-0.25, -0.2) is 8.78 Å². The Hall–Kier alpha value is -0.830. The van der Waals surface area contributed by atoms with Crippen molar-refractivity contribution in [2.45, 2.75) is 0 Å². The molecule has 0 aromatic heterocycles. The summed E-state index contributed by atoms with van der Waals surface area (Å²) in [5.41, 5.74) is 0.624. The molecule has 0 amide bonds. The summed E-state index contributed by atoms with van der Waals surface area (Å²) >= 11 is 5.48. The largest absolute Gasteiger partial charge is 0.382 e. The van der Waals surface area contributed by atoms with Gasteiger partial charge >= 0.3 is 0 Å². The highest BCUT2D eigenvalue weighted by molar-refractivity contribution is 6.31. The van der Waals surface area contributed by atoms with Gasteiger partial charge in [0, 0.05) is 12.2 Å². The molecule has 0 saturated carbocycles. The Morgan fingerprint density at radius 2 is 2.17 bits per heavy atom. The van der Waals surface area contributed by atoms with E-state index in [0.29, 0.717) is 5.69 Å². The van der Waals surface area contributed by atoms with E-state index in [4.69, 9.17) is 11.6 Å². The first-order valence-corrected chi connectivity index (χ1v) is 3.86. The highest BCUT2D eigenvalue weighted by Crippen LogP contribution is 2.18. The lowest BCUT2D eigenvalue weighted by atomic mass is 10.3. The third kappa shape index (κ3) is 2.34. The van der Waals surface area contributed by atoms with Crippen LogP contribution in [0.15, 0.2) is 18.2 Å². The SMILES string of the molecule is FCCNc1ccc(F)c(Cl)c1. The van der Waals surface area contributed by atoms with E-state index in [1.54, 1.807) is 0 Å². The monoisotopic (exact) mass is 191 g/mol.